The molecule has 1 aliphatic heterocycles. The van der Waals surface area contributed by atoms with Gasteiger partial charge in [0, 0.05) is 37.4 Å². The van der Waals surface area contributed by atoms with Crippen LogP contribution in [0.25, 0.3) is 10.9 Å². The fraction of sp³-hybridized carbons (Fsp3) is 0.318. The van der Waals surface area contributed by atoms with E-state index in [-0.39, 0.29) is 17.9 Å². The fourth-order valence-electron chi connectivity index (χ4n) is 3.66. The second kappa shape index (κ2) is 7.84. The molecule has 6 heteroatoms. The van der Waals surface area contributed by atoms with Gasteiger partial charge in [-0.25, -0.2) is 4.98 Å². The van der Waals surface area contributed by atoms with Gasteiger partial charge in [-0.2, -0.15) is 0 Å². The van der Waals surface area contributed by atoms with Crippen molar-refractivity contribution in [2.75, 3.05) is 23.3 Å². The van der Waals surface area contributed by atoms with Gasteiger partial charge in [0.25, 0.3) is 5.56 Å². The highest BCUT2D eigenvalue weighted by Crippen LogP contribution is 2.25. The molecule has 4 rings (SSSR count). The number of aromatic nitrogens is 2. The summed E-state index contributed by atoms with van der Waals surface area (Å²) in [6.45, 7) is 4.50. The van der Waals surface area contributed by atoms with Crippen LogP contribution in [0.4, 0.5) is 11.4 Å². The molecule has 2 aromatic carbocycles. The molecule has 1 fully saturated rings. The van der Waals surface area contributed by atoms with Gasteiger partial charge in [-0.1, -0.05) is 12.1 Å². The first-order valence-electron chi connectivity index (χ1n) is 9.71. The Morgan fingerprint density at radius 1 is 1.14 bits per heavy atom. The quantitative estimate of drug-likeness (QED) is 0.742. The van der Waals surface area contributed by atoms with E-state index in [1.54, 1.807) is 6.07 Å². The lowest BCUT2D eigenvalue weighted by atomic mass is 10.1. The minimum atomic E-state index is -0.121. The Morgan fingerprint density at radius 2 is 1.93 bits per heavy atom. The maximum atomic E-state index is 12.5. The summed E-state index contributed by atoms with van der Waals surface area (Å²) in [4.78, 5) is 31.6. The van der Waals surface area contributed by atoms with Gasteiger partial charge in [0.2, 0.25) is 5.91 Å². The lowest BCUT2D eigenvalue weighted by molar-refractivity contribution is -0.116. The van der Waals surface area contributed by atoms with Gasteiger partial charge in [0.15, 0.2) is 0 Å². The number of nitrogens with zero attached hydrogens (tertiary/aromatic N) is 3. The number of anilines is 2. The molecule has 2 heterocycles. The van der Waals surface area contributed by atoms with E-state index in [2.05, 4.69) is 27.3 Å². The zero-order chi connectivity index (χ0) is 19.5. The third kappa shape index (κ3) is 3.76. The Hall–Kier alpha value is -3.15. The maximum absolute atomic E-state index is 12.5. The van der Waals surface area contributed by atoms with Crippen molar-refractivity contribution in [2.24, 2.45) is 0 Å². The number of para-hydroxylation sites is 1. The summed E-state index contributed by atoms with van der Waals surface area (Å²) in [6, 6.07) is 13.4. The first-order valence-corrected chi connectivity index (χ1v) is 9.71. The molecule has 1 saturated heterocycles. The lowest BCUT2D eigenvalue weighted by Crippen LogP contribution is -2.24. The monoisotopic (exact) mass is 376 g/mol. The molecule has 0 aliphatic carbocycles. The number of rotatable bonds is 5. The first kappa shape index (κ1) is 18.2. The molecule has 1 amide bonds. The van der Waals surface area contributed by atoms with E-state index in [1.807, 2.05) is 31.2 Å². The number of carbonyl (C=O) groups is 1. The molecule has 0 radical (unpaired) electrons. The molecular weight excluding hydrogens is 352 g/mol. The van der Waals surface area contributed by atoms with E-state index in [0.29, 0.717) is 17.4 Å². The fourth-order valence-corrected chi connectivity index (χ4v) is 3.66. The van der Waals surface area contributed by atoms with Crippen LogP contribution in [-0.4, -0.2) is 28.5 Å². The van der Waals surface area contributed by atoms with Crippen LogP contribution in [0.5, 0.6) is 0 Å². The number of benzene rings is 2. The summed E-state index contributed by atoms with van der Waals surface area (Å²) in [5, 5.41) is 3.53. The average molecular weight is 376 g/mol. The van der Waals surface area contributed by atoms with Crippen LogP contribution in [-0.2, 0) is 11.3 Å². The van der Waals surface area contributed by atoms with Crippen molar-refractivity contribution >= 4 is 28.2 Å². The Balaban J connectivity index is 1.41. The Kier molecular flexibility index (Phi) is 5.10. The molecule has 1 N–H and O–H groups in total. The number of aryl methyl sites for hydroxylation is 2. The van der Waals surface area contributed by atoms with Gasteiger partial charge in [0.1, 0.15) is 0 Å². The largest absolute Gasteiger partial charge is 0.372 e. The van der Waals surface area contributed by atoms with Crippen LogP contribution in [0, 0.1) is 6.92 Å². The normalized spacial score (nSPS) is 13.8. The zero-order valence-corrected chi connectivity index (χ0v) is 16.0. The summed E-state index contributed by atoms with van der Waals surface area (Å²) >= 11 is 0. The van der Waals surface area contributed by atoms with Crippen molar-refractivity contribution < 1.29 is 4.79 Å². The second-order valence-electron chi connectivity index (χ2n) is 7.25. The second-order valence-corrected chi connectivity index (χ2v) is 7.25. The third-order valence-electron chi connectivity index (χ3n) is 5.27. The van der Waals surface area contributed by atoms with Gasteiger partial charge >= 0.3 is 0 Å². The Labute approximate surface area is 163 Å². The van der Waals surface area contributed by atoms with E-state index < -0.39 is 0 Å². The maximum Gasteiger partial charge on any atom is 0.261 e. The first-order chi connectivity index (χ1) is 13.6. The van der Waals surface area contributed by atoms with Crippen molar-refractivity contribution in [2.45, 2.75) is 32.7 Å². The number of fused-ring (bicyclic) bond motifs is 1. The van der Waals surface area contributed by atoms with Crippen LogP contribution >= 0.6 is 0 Å². The Morgan fingerprint density at radius 3 is 2.71 bits per heavy atom. The van der Waals surface area contributed by atoms with E-state index in [1.165, 1.54) is 29.4 Å². The van der Waals surface area contributed by atoms with E-state index in [0.717, 1.165) is 24.3 Å². The number of nitrogens with one attached hydrogen (secondary N) is 1. The minimum Gasteiger partial charge on any atom is -0.372 e. The van der Waals surface area contributed by atoms with Gasteiger partial charge < -0.3 is 10.2 Å². The molecular formula is C22H24N4O2. The summed E-state index contributed by atoms with van der Waals surface area (Å²) in [7, 11) is 0. The number of carbonyl (C=O) groups excluding carboxylic acids is 1. The molecule has 0 unspecified atom stereocenters. The number of hydrogen-bond acceptors (Lipinski definition) is 4. The van der Waals surface area contributed by atoms with Crippen molar-refractivity contribution in [3.8, 4) is 0 Å². The molecule has 0 saturated carbocycles. The third-order valence-corrected chi connectivity index (χ3v) is 5.27. The molecule has 0 atom stereocenters. The topological polar surface area (TPSA) is 67.2 Å². The van der Waals surface area contributed by atoms with E-state index >= 15 is 0 Å². The van der Waals surface area contributed by atoms with Gasteiger partial charge in [-0.05, 0) is 55.7 Å². The smallest absolute Gasteiger partial charge is 0.261 e. The zero-order valence-electron chi connectivity index (χ0n) is 16.0. The summed E-state index contributed by atoms with van der Waals surface area (Å²) < 4.78 is 1.49. The Bertz CT molecular complexity index is 1070. The standard InChI is InChI=1S/C22H24N4O2/c1-16-14-17(25-11-4-5-12-25)8-9-19(16)24-21(27)10-13-26-15-23-20-7-3-2-6-18(20)22(26)28/h2-3,6-9,14-15H,4-5,10-13H2,1H3,(H,24,27). The van der Waals surface area contributed by atoms with Crippen molar-refractivity contribution in [3.63, 3.8) is 0 Å². The van der Waals surface area contributed by atoms with Crippen molar-refractivity contribution in [1.82, 2.24) is 9.55 Å². The van der Waals surface area contributed by atoms with E-state index in [4.69, 9.17) is 0 Å². The van der Waals surface area contributed by atoms with Crippen molar-refractivity contribution in [1.29, 1.82) is 0 Å². The summed E-state index contributed by atoms with van der Waals surface area (Å²) in [5.74, 6) is -0.114. The SMILES string of the molecule is Cc1cc(N2CCCC2)ccc1NC(=O)CCn1cnc2ccccc2c1=O. The summed E-state index contributed by atoms with van der Waals surface area (Å²) in [5.41, 5.74) is 3.62. The summed E-state index contributed by atoms with van der Waals surface area (Å²) in [6.07, 6.45) is 4.20. The highest BCUT2D eigenvalue weighted by Gasteiger charge is 2.14. The van der Waals surface area contributed by atoms with Crippen molar-refractivity contribution in [3.05, 3.63) is 64.7 Å². The average Bonchev–Trinajstić information content (AvgIpc) is 3.24. The van der Waals surface area contributed by atoms with Gasteiger partial charge in [-0.15, -0.1) is 0 Å². The van der Waals surface area contributed by atoms with Gasteiger partial charge in [0.05, 0.1) is 17.2 Å². The number of amides is 1. The molecule has 6 nitrogen and oxygen atoms in total. The molecule has 1 aromatic heterocycles. The van der Waals surface area contributed by atoms with Crippen LogP contribution in [0.1, 0.15) is 24.8 Å². The molecule has 0 bridgehead atoms. The molecule has 3 aromatic rings. The molecule has 0 spiro atoms. The molecule has 28 heavy (non-hydrogen) atoms. The van der Waals surface area contributed by atoms with Gasteiger partial charge in [-0.3, -0.25) is 14.2 Å². The highest BCUT2D eigenvalue weighted by molar-refractivity contribution is 5.91. The van der Waals surface area contributed by atoms with Crippen LogP contribution < -0.4 is 15.8 Å². The van der Waals surface area contributed by atoms with Crippen LogP contribution in [0.2, 0.25) is 0 Å². The minimum absolute atomic E-state index is 0.114. The predicted octanol–water partition coefficient (Wildman–Crippen LogP) is 3.33. The number of hydrogen-bond donors (Lipinski definition) is 1. The van der Waals surface area contributed by atoms with Crippen LogP contribution in [0.3, 0.4) is 0 Å². The highest BCUT2D eigenvalue weighted by atomic mass is 16.2. The predicted molar refractivity (Wildman–Crippen MR) is 112 cm³/mol. The molecule has 1 aliphatic rings. The lowest BCUT2D eigenvalue weighted by Gasteiger charge is -2.19. The van der Waals surface area contributed by atoms with E-state index in [9.17, 15) is 9.59 Å². The molecule has 144 valence electrons. The van der Waals surface area contributed by atoms with Crippen LogP contribution in [0.15, 0.2) is 53.6 Å².